The first-order chi connectivity index (χ1) is 17.6. The summed E-state index contributed by atoms with van der Waals surface area (Å²) >= 11 is 0. The van der Waals surface area contributed by atoms with Gasteiger partial charge in [0, 0.05) is 10.8 Å². The Morgan fingerprint density at radius 3 is 2.08 bits per heavy atom. The smallest absolute Gasteiger partial charge is 0.417 e. The summed E-state index contributed by atoms with van der Waals surface area (Å²) in [5.41, 5.74) is -0.208. The summed E-state index contributed by atoms with van der Waals surface area (Å²) in [6, 6.07) is 0. The Balaban J connectivity index is 1.48. The quantitative estimate of drug-likeness (QED) is 0.233. The van der Waals surface area contributed by atoms with Crippen LogP contribution in [0.2, 0.25) is 0 Å². The lowest BCUT2D eigenvalue weighted by atomic mass is 9.32. The number of fused-ring (bicyclic) bond motifs is 7. The predicted octanol–water partition coefficient (Wildman–Crippen LogP) is 6.03. The topological polar surface area (TPSA) is 104 Å². The molecule has 216 valence electrons. The monoisotopic (exact) mass is 532 g/mol. The fourth-order valence-electron chi connectivity index (χ4n) is 12.3. The summed E-state index contributed by atoms with van der Waals surface area (Å²) in [6.07, 6.45) is 8.59. The molecule has 5 aliphatic rings. The van der Waals surface area contributed by atoms with Gasteiger partial charge in [-0.3, -0.25) is 0 Å². The third kappa shape index (κ3) is 3.57. The zero-order chi connectivity index (χ0) is 28.1. The summed E-state index contributed by atoms with van der Waals surface area (Å²) < 4.78 is 5.56. The number of esters is 1. The van der Waals surface area contributed by atoms with Gasteiger partial charge in [-0.1, -0.05) is 48.5 Å². The third-order valence-corrected chi connectivity index (χ3v) is 14.3. The highest BCUT2D eigenvalue weighted by Crippen LogP contribution is 2.77. The fourth-order valence-corrected chi connectivity index (χ4v) is 12.3. The number of carbonyl (C=O) groups excluding carboxylic acids is 1. The maximum absolute atomic E-state index is 12.0. The second kappa shape index (κ2) is 8.93. The van der Waals surface area contributed by atoms with Gasteiger partial charge in [0.15, 0.2) is 6.29 Å². The van der Waals surface area contributed by atoms with Crippen molar-refractivity contribution in [2.75, 3.05) is 0 Å². The Morgan fingerprint density at radius 2 is 1.47 bits per heavy atom. The van der Waals surface area contributed by atoms with Crippen LogP contribution < -0.4 is 0 Å². The van der Waals surface area contributed by atoms with E-state index in [1.54, 1.807) is 0 Å². The zero-order valence-electron chi connectivity index (χ0n) is 24.8. The van der Waals surface area contributed by atoms with Crippen LogP contribution in [0.1, 0.15) is 113 Å². The van der Waals surface area contributed by atoms with E-state index in [1.165, 1.54) is 6.42 Å². The van der Waals surface area contributed by atoms with Crippen LogP contribution in [0.25, 0.3) is 0 Å². The minimum Gasteiger partial charge on any atom is -0.473 e. The maximum atomic E-state index is 12.0. The second-order valence-corrected chi connectivity index (χ2v) is 15.8. The van der Waals surface area contributed by atoms with Crippen molar-refractivity contribution >= 4 is 11.9 Å². The molecule has 0 saturated heterocycles. The van der Waals surface area contributed by atoms with Crippen molar-refractivity contribution in [2.24, 2.45) is 62.6 Å². The van der Waals surface area contributed by atoms with Crippen molar-refractivity contribution in [2.45, 2.75) is 125 Å². The number of aliphatic carboxylic acids is 1. The van der Waals surface area contributed by atoms with Gasteiger partial charge in [-0.2, -0.15) is 0 Å². The van der Waals surface area contributed by atoms with Gasteiger partial charge in [-0.25, -0.2) is 9.59 Å². The number of ether oxygens (including phenoxy) is 1. The Hall–Kier alpha value is -1.14. The molecule has 7 unspecified atom stereocenters. The van der Waals surface area contributed by atoms with Crippen molar-refractivity contribution in [1.82, 2.24) is 0 Å². The average Bonchev–Trinajstić information content (AvgIpc) is 3.22. The largest absolute Gasteiger partial charge is 0.473 e. The molecule has 0 aromatic heterocycles. The van der Waals surface area contributed by atoms with Gasteiger partial charge in [0.25, 0.3) is 0 Å². The molecule has 0 spiro atoms. The number of aliphatic hydroxyl groups is 2. The van der Waals surface area contributed by atoms with E-state index in [1.807, 2.05) is 0 Å². The fraction of sp³-hybridized carbons (Fsp3) is 0.938. The molecule has 5 saturated carbocycles. The molecule has 3 N–H and O–H groups in total. The van der Waals surface area contributed by atoms with E-state index in [9.17, 15) is 19.8 Å². The van der Waals surface area contributed by atoms with Crippen LogP contribution in [0.15, 0.2) is 0 Å². The van der Waals surface area contributed by atoms with E-state index in [0.717, 1.165) is 51.4 Å². The van der Waals surface area contributed by atoms with E-state index in [-0.39, 0.29) is 33.2 Å². The first-order valence-corrected chi connectivity index (χ1v) is 15.4. The molecule has 5 aliphatic carbocycles. The zero-order valence-corrected chi connectivity index (χ0v) is 24.8. The van der Waals surface area contributed by atoms with Crippen LogP contribution >= 0.6 is 0 Å². The van der Waals surface area contributed by atoms with Crippen LogP contribution in [0.4, 0.5) is 0 Å². The normalized spacial score (nSPS) is 49.6. The first kappa shape index (κ1) is 28.4. The molecule has 0 bridgehead atoms. The number of carbonyl (C=O) groups is 2. The van der Waals surface area contributed by atoms with Gasteiger partial charge in [0.1, 0.15) is 6.10 Å². The van der Waals surface area contributed by atoms with Gasteiger partial charge in [0.05, 0.1) is 0 Å². The molecule has 0 aromatic rings. The molecule has 38 heavy (non-hydrogen) atoms. The average molecular weight is 533 g/mol. The molecule has 0 radical (unpaired) electrons. The minimum atomic E-state index is -1.51. The van der Waals surface area contributed by atoms with E-state index >= 15 is 0 Å². The molecule has 0 heterocycles. The van der Waals surface area contributed by atoms with Crippen molar-refractivity contribution in [3.05, 3.63) is 0 Å². The molecule has 6 nitrogen and oxygen atoms in total. The maximum Gasteiger partial charge on any atom is 0.417 e. The van der Waals surface area contributed by atoms with Gasteiger partial charge in [0.2, 0.25) is 0 Å². The highest BCUT2D eigenvalue weighted by molar-refractivity contribution is 6.28. The molecule has 6 heteroatoms. The van der Waals surface area contributed by atoms with E-state index in [0.29, 0.717) is 41.9 Å². The molecule has 5 fully saturated rings. The Bertz CT molecular complexity index is 973. The van der Waals surface area contributed by atoms with Crippen molar-refractivity contribution in [3.8, 4) is 0 Å². The van der Waals surface area contributed by atoms with Crippen molar-refractivity contribution in [1.29, 1.82) is 0 Å². The molecule has 0 aliphatic heterocycles. The van der Waals surface area contributed by atoms with E-state index in [4.69, 9.17) is 9.84 Å². The van der Waals surface area contributed by atoms with Gasteiger partial charge in [-0.15, -0.1) is 0 Å². The van der Waals surface area contributed by atoms with Crippen LogP contribution in [0.3, 0.4) is 0 Å². The Labute approximate surface area is 229 Å². The summed E-state index contributed by atoms with van der Waals surface area (Å²) in [6.45, 7) is 16.6. The Kier molecular flexibility index (Phi) is 6.67. The van der Waals surface area contributed by atoms with Gasteiger partial charge >= 0.3 is 11.9 Å². The SMILES string of the molecule is CC(C)[C@@H]1CCC2(C(O)O)CC[C@]3(C)C(CCC4C5(C)CC[C@@H](OC(=O)C(=O)O)C(C)(C)C5CCC43C)C12. The highest BCUT2D eigenvalue weighted by atomic mass is 16.6. The number of hydrogen-bond donors (Lipinski definition) is 3. The number of rotatable bonds is 3. The summed E-state index contributed by atoms with van der Waals surface area (Å²) in [7, 11) is 0. The van der Waals surface area contributed by atoms with Crippen molar-refractivity contribution in [3.63, 3.8) is 0 Å². The predicted molar refractivity (Wildman–Crippen MR) is 145 cm³/mol. The Morgan fingerprint density at radius 1 is 0.789 bits per heavy atom. The van der Waals surface area contributed by atoms with Crippen LogP contribution in [0.5, 0.6) is 0 Å². The third-order valence-electron chi connectivity index (χ3n) is 14.3. The van der Waals surface area contributed by atoms with Gasteiger partial charge < -0.3 is 20.1 Å². The standard InChI is InChI=1S/C32H52O6/c1-18(2)19-10-15-32(27(36)37)17-16-30(6)20(24(19)32)8-9-22-29(5)13-12-23(38-26(35)25(33)34)28(3,4)21(29)11-14-31(22,30)7/h18-24,27,36-37H,8-17H2,1-7H3,(H,33,34)/t19-,20?,21?,22?,23+,24?,29?,30+,31?,32?/m0/s1. The lowest BCUT2D eigenvalue weighted by Crippen LogP contribution is -2.67. The van der Waals surface area contributed by atoms with Crippen LogP contribution in [-0.4, -0.2) is 39.7 Å². The highest BCUT2D eigenvalue weighted by Gasteiger charge is 2.71. The number of carboxylic acid groups (broad SMARTS) is 1. The summed E-state index contributed by atoms with van der Waals surface area (Å²) in [5.74, 6) is 0.250. The summed E-state index contributed by atoms with van der Waals surface area (Å²) in [4.78, 5) is 23.2. The first-order valence-electron chi connectivity index (χ1n) is 15.4. The van der Waals surface area contributed by atoms with Crippen LogP contribution in [-0.2, 0) is 14.3 Å². The molecule has 5 rings (SSSR count). The molecular weight excluding hydrogens is 480 g/mol. The number of carboxylic acids is 1. The van der Waals surface area contributed by atoms with Crippen molar-refractivity contribution < 1.29 is 29.6 Å². The second-order valence-electron chi connectivity index (χ2n) is 15.8. The van der Waals surface area contributed by atoms with E-state index < -0.39 is 18.2 Å². The number of aliphatic hydroxyl groups excluding tert-OH is 1. The molecule has 0 aromatic carbocycles. The minimum absolute atomic E-state index is 0.106. The molecular formula is C32H52O6. The van der Waals surface area contributed by atoms with Crippen LogP contribution in [0, 0.1) is 62.6 Å². The van der Waals surface area contributed by atoms with Gasteiger partial charge in [-0.05, 0) is 116 Å². The molecule has 10 atom stereocenters. The molecule has 0 amide bonds. The lowest BCUT2D eigenvalue weighted by molar-refractivity contribution is -0.269. The summed E-state index contributed by atoms with van der Waals surface area (Å²) in [5, 5.41) is 30.7. The number of hydrogen-bond acceptors (Lipinski definition) is 5. The lowest BCUT2D eigenvalue weighted by Gasteiger charge is -2.73. The van der Waals surface area contributed by atoms with E-state index in [2.05, 4.69) is 48.5 Å².